The molecule has 0 bridgehead atoms. The van der Waals surface area contributed by atoms with Gasteiger partial charge in [0.1, 0.15) is 5.75 Å². The molecule has 0 aliphatic carbocycles. The van der Waals surface area contributed by atoms with Crippen molar-refractivity contribution >= 4 is 5.78 Å². The summed E-state index contributed by atoms with van der Waals surface area (Å²) in [4.78, 5) is 14.4. The highest BCUT2D eigenvalue weighted by atomic mass is 16.5. The zero-order chi connectivity index (χ0) is 12.3. The zero-order valence-electron chi connectivity index (χ0n) is 10.5. The molecule has 0 saturated carbocycles. The third kappa shape index (κ3) is 2.86. The van der Waals surface area contributed by atoms with E-state index in [9.17, 15) is 4.79 Å². The Labute approximate surface area is 102 Å². The van der Waals surface area contributed by atoms with Crippen molar-refractivity contribution in [3.8, 4) is 5.75 Å². The lowest BCUT2D eigenvalue weighted by molar-refractivity contribution is 0.0944. The van der Waals surface area contributed by atoms with Crippen molar-refractivity contribution in [2.75, 3.05) is 26.7 Å². The monoisotopic (exact) mass is 233 g/mol. The first-order chi connectivity index (χ1) is 8.20. The number of benzene rings is 1. The smallest absolute Gasteiger partial charge is 0.177 e. The van der Waals surface area contributed by atoms with Gasteiger partial charge in [-0.15, -0.1) is 0 Å². The van der Waals surface area contributed by atoms with E-state index in [0.717, 1.165) is 30.0 Å². The third-order valence-electron chi connectivity index (χ3n) is 3.31. The van der Waals surface area contributed by atoms with Crippen LogP contribution in [-0.4, -0.2) is 37.4 Å². The number of methoxy groups -OCH3 is 1. The van der Waals surface area contributed by atoms with Gasteiger partial charge >= 0.3 is 0 Å². The molecule has 0 N–H and O–H groups in total. The normalized spacial score (nSPS) is 16.1. The quantitative estimate of drug-likeness (QED) is 0.747. The van der Waals surface area contributed by atoms with E-state index >= 15 is 0 Å². The summed E-state index contributed by atoms with van der Waals surface area (Å²) in [5, 5.41) is 0. The first-order valence-corrected chi connectivity index (χ1v) is 6.11. The lowest BCUT2D eigenvalue weighted by atomic mass is 10.0. The Morgan fingerprint density at radius 1 is 1.35 bits per heavy atom. The fourth-order valence-corrected chi connectivity index (χ4v) is 2.26. The van der Waals surface area contributed by atoms with Crippen LogP contribution in [0.1, 0.15) is 28.8 Å². The number of hydrogen-bond donors (Lipinski definition) is 0. The molecule has 92 valence electrons. The predicted octanol–water partition coefficient (Wildman–Crippen LogP) is 2.28. The van der Waals surface area contributed by atoms with Crippen molar-refractivity contribution in [3.05, 3.63) is 29.3 Å². The van der Waals surface area contributed by atoms with E-state index in [0.29, 0.717) is 6.54 Å². The van der Waals surface area contributed by atoms with E-state index in [1.807, 2.05) is 25.1 Å². The second-order valence-electron chi connectivity index (χ2n) is 4.59. The summed E-state index contributed by atoms with van der Waals surface area (Å²) in [5.74, 6) is 0.948. The highest BCUT2D eigenvalue weighted by Gasteiger charge is 2.17. The number of likely N-dealkylation sites (tertiary alicyclic amines) is 1. The van der Waals surface area contributed by atoms with Crippen molar-refractivity contribution in [2.45, 2.75) is 19.8 Å². The molecule has 0 radical (unpaired) electrons. The molecule has 0 spiro atoms. The maximum Gasteiger partial charge on any atom is 0.177 e. The van der Waals surface area contributed by atoms with Crippen LogP contribution in [0, 0.1) is 6.92 Å². The minimum absolute atomic E-state index is 0.198. The van der Waals surface area contributed by atoms with Gasteiger partial charge in [-0.2, -0.15) is 0 Å². The number of carbonyl (C=O) groups excluding carboxylic acids is 1. The van der Waals surface area contributed by atoms with Crippen molar-refractivity contribution < 1.29 is 9.53 Å². The Kier molecular flexibility index (Phi) is 3.79. The molecular weight excluding hydrogens is 214 g/mol. The number of nitrogens with zero attached hydrogens (tertiary/aromatic N) is 1. The number of aryl methyl sites for hydroxylation is 1. The van der Waals surface area contributed by atoms with E-state index in [2.05, 4.69) is 4.90 Å². The number of ketones is 1. The fourth-order valence-electron chi connectivity index (χ4n) is 2.26. The lowest BCUT2D eigenvalue weighted by Crippen LogP contribution is -2.27. The molecule has 17 heavy (non-hydrogen) atoms. The maximum atomic E-state index is 12.2. The molecule has 1 aromatic carbocycles. The van der Waals surface area contributed by atoms with Crippen LogP contribution in [-0.2, 0) is 0 Å². The first-order valence-electron chi connectivity index (χ1n) is 6.11. The molecule has 3 heteroatoms. The second-order valence-corrected chi connectivity index (χ2v) is 4.59. The van der Waals surface area contributed by atoms with E-state index in [1.165, 1.54) is 12.8 Å². The molecule has 3 nitrogen and oxygen atoms in total. The van der Waals surface area contributed by atoms with Crippen LogP contribution in [0.2, 0.25) is 0 Å². The van der Waals surface area contributed by atoms with Gasteiger partial charge in [0.2, 0.25) is 0 Å². The summed E-state index contributed by atoms with van der Waals surface area (Å²) in [6, 6.07) is 5.67. The van der Waals surface area contributed by atoms with E-state index < -0.39 is 0 Å². The van der Waals surface area contributed by atoms with Crippen molar-refractivity contribution in [1.82, 2.24) is 4.90 Å². The second kappa shape index (κ2) is 5.32. The molecular formula is C14H19NO2. The number of rotatable bonds is 4. The summed E-state index contributed by atoms with van der Waals surface area (Å²) in [6.45, 7) is 4.61. The van der Waals surface area contributed by atoms with Crippen LogP contribution in [0.3, 0.4) is 0 Å². The number of ether oxygens (including phenoxy) is 1. The van der Waals surface area contributed by atoms with Crippen LogP contribution in [0.15, 0.2) is 18.2 Å². The van der Waals surface area contributed by atoms with E-state index in [4.69, 9.17) is 4.74 Å². The van der Waals surface area contributed by atoms with Crippen LogP contribution in [0.5, 0.6) is 5.75 Å². The zero-order valence-corrected chi connectivity index (χ0v) is 10.5. The van der Waals surface area contributed by atoms with Gasteiger partial charge in [-0.25, -0.2) is 0 Å². The molecule has 1 saturated heterocycles. The fraction of sp³-hybridized carbons (Fsp3) is 0.500. The van der Waals surface area contributed by atoms with Gasteiger partial charge < -0.3 is 4.74 Å². The van der Waals surface area contributed by atoms with Crippen LogP contribution < -0.4 is 4.74 Å². The minimum Gasteiger partial charge on any atom is -0.497 e. The average molecular weight is 233 g/mol. The van der Waals surface area contributed by atoms with Gasteiger partial charge in [0.25, 0.3) is 0 Å². The summed E-state index contributed by atoms with van der Waals surface area (Å²) >= 11 is 0. The van der Waals surface area contributed by atoms with E-state index in [1.54, 1.807) is 7.11 Å². The first kappa shape index (κ1) is 12.1. The van der Waals surface area contributed by atoms with Crippen molar-refractivity contribution in [3.63, 3.8) is 0 Å². The largest absolute Gasteiger partial charge is 0.497 e. The van der Waals surface area contributed by atoms with Gasteiger partial charge in [-0.05, 0) is 50.6 Å². The highest BCUT2D eigenvalue weighted by Crippen LogP contribution is 2.18. The molecule has 0 aromatic heterocycles. The Morgan fingerprint density at radius 2 is 2.06 bits per heavy atom. The molecule has 1 aliphatic heterocycles. The molecule has 1 heterocycles. The SMILES string of the molecule is COc1ccc(C)c(C(=O)CN2CCCC2)c1. The summed E-state index contributed by atoms with van der Waals surface area (Å²) < 4.78 is 5.16. The number of hydrogen-bond acceptors (Lipinski definition) is 3. The predicted molar refractivity (Wildman–Crippen MR) is 67.7 cm³/mol. The Hall–Kier alpha value is -1.35. The van der Waals surface area contributed by atoms with Crippen LogP contribution in [0.25, 0.3) is 0 Å². The minimum atomic E-state index is 0.198. The topological polar surface area (TPSA) is 29.5 Å². The highest BCUT2D eigenvalue weighted by molar-refractivity contribution is 5.99. The number of carbonyl (C=O) groups is 1. The lowest BCUT2D eigenvalue weighted by Gasteiger charge is -2.14. The van der Waals surface area contributed by atoms with E-state index in [-0.39, 0.29) is 5.78 Å². The van der Waals surface area contributed by atoms with Gasteiger partial charge in [0.15, 0.2) is 5.78 Å². The Bertz CT molecular complexity index is 409. The number of Topliss-reactive ketones (excluding diaryl/α,β-unsaturated/α-hetero) is 1. The van der Waals surface area contributed by atoms with Gasteiger partial charge in [0.05, 0.1) is 13.7 Å². The molecule has 1 fully saturated rings. The molecule has 0 atom stereocenters. The summed E-state index contributed by atoms with van der Waals surface area (Å²) in [6.07, 6.45) is 2.43. The maximum absolute atomic E-state index is 12.2. The van der Waals surface area contributed by atoms with Crippen LogP contribution >= 0.6 is 0 Å². The average Bonchev–Trinajstić information content (AvgIpc) is 2.82. The van der Waals surface area contributed by atoms with Gasteiger partial charge in [-0.3, -0.25) is 9.69 Å². The Balaban J connectivity index is 2.11. The van der Waals surface area contributed by atoms with Gasteiger partial charge in [-0.1, -0.05) is 6.07 Å². The third-order valence-corrected chi connectivity index (χ3v) is 3.31. The van der Waals surface area contributed by atoms with Gasteiger partial charge in [0, 0.05) is 5.56 Å². The summed E-state index contributed by atoms with van der Waals surface area (Å²) in [5.41, 5.74) is 1.81. The molecule has 0 unspecified atom stereocenters. The summed E-state index contributed by atoms with van der Waals surface area (Å²) in [7, 11) is 1.62. The van der Waals surface area contributed by atoms with Crippen molar-refractivity contribution in [1.29, 1.82) is 0 Å². The molecule has 2 rings (SSSR count). The Morgan fingerprint density at radius 3 is 2.71 bits per heavy atom. The molecule has 1 aromatic rings. The van der Waals surface area contributed by atoms with Crippen molar-refractivity contribution in [2.24, 2.45) is 0 Å². The van der Waals surface area contributed by atoms with Crippen LogP contribution in [0.4, 0.5) is 0 Å². The standard InChI is InChI=1S/C14H19NO2/c1-11-5-6-12(17-2)9-13(11)14(16)10-15-7-3-4-8-15/h5-6,9H,3-4,7-8,10H2,1-2H3. The molecule has 1 aliphatic rings. The molecule has 0 amide bonds.